The van der Waals surface area contributed by atoms with Crippen molar-refractivity contribution in [3.63, 3.8) is 0 Å². The number of nitrogens with one attached hydrogen (secondary N) is 1. The lowest BCUT2D eigenvalue weighted by molar-refractivity contribution is -0.150. The van der Waals surface area contributed by atoms with Crippen LogP contribution >= 0.6 is 0 Å². The molecule has 112 valence electrons. The van der Waals surface area contributed by atoms with E-state index in [1.54, 1.807) is 4.90 Å². The number of nitrogens with zero attached hydrogens (tertiary/aromatic N) is 2. The SMILES string of the molecule is O=C1NCCN([C@@H]2CCCN(Cc3ccccc3)C2)C1=O. The minimum Gasteiger partial charge on any atom is -0.346 e. The summed E-state index contributed by atoms with van der Waals surface area (Å²) in [7, 11) is 0. The monoisotopic (exact) mass is 287 g/mol. The third kappa shape index (κ3) is 3.24. The minimum atomic E-state index is -0.457. The van der Waals surface area contributed by atoms with Gasteiger partial charge in [-0.1, -0.05) is 30.3 Å². The van der Waals surface area contributed by atoms with Crippen LogP contribution in [-0.4, -0.2) is 53.8 Å². The van der Waals surface area contributed by atoms with Gasteiger partial charge in [-0.15, -0.1) is 0 Å². The van der Waals surface area contributed by atoms with Crippen molar-refractivity contribution in [2.45, 2.75) is 25.4 Å². The van der Waals surface area contributed by atoms with Crippen LogP contribution < -0.4 is 5.32 Å². The highest BCUT2D eigenvalue weighted by atomic mass is 16.2. The zero-order valence-corrected chi connectivity index (χ0v) is 12.1. The van der Waals surface area contributed by atoms with Crippen molar-refractivity contribution >= 4 is 11.8 Å². The first-order valence-electron chi connectivity index (χ1n) is 7.59. The van der Waals surface area contributed by atoms with Crippen molar-refractivity contribution in [1.29, 1.82) is 0 Å². The summed E-state index contributed by atoms with van der Waals surface area (Å²) in [6, 6.07) is 10.5. The number of amides is 2. The Labute approximate surface area is 124 Å². The summed E-state index contributed by atoms with van der Waals surface area (Å²) >= 11 is 0. The zero-order valence-electron chi connectivity index (χ0n) is 12.1. The highest BCUT2D eigenvalue weighted by Gasteiger charge is 2.33. The molecule has 2 fully saturated rings. The number of hydrogen-bond acceptors (Lipinski definition) is 3. The molecule has 1 atom stereocenters. The van der Waals surface area contributed by atoms with Gasteiger partial charge in [-0.3, -0.25) is 14.5 Å². The van der Waals surface area contributed by atoms with Gasteiger partial charge in [0.15, 0.2) is 0 Å². The Balaban J connectivity index is 1.63. The number of likely N-dealkylation sites (tertiary alicyclic amines) is 1. The van der Waals surface area contributed by atoms with E-state index in [4.69, 9.17) is 0 Å². The number of carbonyl (C=O) groups is 2. The Bertz CT molecular complexity index is 518. The van der Waals surface area contributed by atoms with Crippen molar-refractivity contribution in [3.05, 3.63) is 35.9 Å². The van der Waals surface area contributed by atoms with E-state index in [0.29, 0.717) is 13.1 Å². The lowest BCUT2D eigenvalue weighted by Crippen LogP contribution is -2.59. The zero-order chi connectivity index (χ0) is 14.7. The quantitative estimate of drug-likeness (QED) is 0.829. The molecule has 0 spiro atoms. The number of piperazine rings is 1. The molecule has 2 heterocycles. The third-order valence-corrected chi connectivity index (χ3v) is 4.26. The molecule has 5 nitrogen and oxygen atoms in total. The predicted molar refractivity (Wildman–Crippen MR) is 79.5 cm³/mol. The van der Waals surface area contributed by atoms with Crippen LogP contribution in [0, 0.1) is 0 Å². The van der Waals surface area contributed by atoms with Crippen molar-refractivity contribution in [2.75, 3.05) is 26.2 Å². The fourth-order valence-electron chi connectivity index (χ4n) is 3.22. The summed E-state index contributed by atoms with van der Waals surface area (Å²) < 4.78 is 0. The first kappa shape index (κ1) is 14.1. The molecule has 2 saturated heterocycles. The fraction of sp³-hybridized carbons (Fsp3) is 0.500. The van der Waals surface area contributed by atoms with Gasteiger partial charge in [0.25, 0.3) is 0 Å². The van der Waals surface area contributed by atoms with Crippen LogP contribution in [0.3, 0.4) is 0 Å². The maximum absolute atomic E-state index is 12.0. The second-order valence-electron chi connectivity index (χ2n) is 5.77. The van der Waals surface area contributed by atoms with E-state index in [1.165, 1.54) is 5.56 Å². The second-order valence-corrected chi connectivity index (χ2v) is 5.77. The topological polar surface area (TPSA) is 52.7 Å². The molecule has 0 unspecified atom stereocenters. The van der Waals surface area contributed by atoms with Crippen LogP contribution in [0.15, 0.2) is 30.3 Å². The molecule has 1 aromatic carbocycles. The number of carbonyl (C=O) groups excluding carboxylic acids is 2. The van der Waals surface area contributed by atoms with Gasteiger partial charge in [0.2, 0.25) is 0 Å². The van der Waals surface area contributed by atoms with E-state index in [2.05, 4.69) is 34.5 Å². The number of rotatable bonds is 3. The van der Waals surface area contributed by atoms with Crippen LogP contribution in [0.5, 0.6) is 0 Å². The summed E-state index contributed by atoms with van der Waals surface area (Å²) in [5.74, 6) is -0.825. The van der Waals surface area contributed by atoms with Gasteiger partial charge < -0.3 is 10.2 Å². The Morgan fingerprint density at radius 2 is 1.95 bits per heavy atom. The second kappa shape index (κ2) is 6.26. The fourth-order valence-corrected chi connectivity index (χ4v) is 3.22. The number of piperidine rings is 1. The van der Waals surface area contributed by atoms with E-state index >= 15 is 0 Å². The van der Waals surface area contributed by atoms with Crippen molar-refractivity contribution in [3.8, 4) is 0 Å². The molecular formula is C16H21N3O2. The third-order valence-electron chi connectivity index (χ3n) is 4.26. The number of hydrogen-bond donors (Lipinski definition) is 1. The average molecular weight is 287 g/mol. The Morgan fingerprint density at radius 3 is 2.76 bits per heavy atom. The van der Waals surface area contributed by atoms with Crippen LogP contribution in [0.4, 0.5) is 0 Å². The van der Waals surface area contributed by atoms with Crippen LogP contribution in [-0.2, 0) is 16.1 Å². The summed E-state index contributed by atoms with van der Waals surface area (Å²) in [5, 5.41) is 2.61. The van der Waals surface area contributed by atoms with E-state index in [9.17, 15) is 9.59 Å². The number of benzene rings is 1. The normalized spacial score (nSPS) is 24.0. The maximum Gasteiger partial charge on any atom is 0.312 e. The van der Waals surface area contributed by atoms with Crippen LogP contribution in [0.1, 0.15) is 18.4 Å². The molecule has 0 radical (unpaired) electrons. The molecule has 1 N–H and O–H groups in total. The molecule has 3 rings (SSSR count). The van der Waals surface area contributed by atoms with Gasteiger partial charge in [-0.05, 0) is 24.9 Å². The smallest absolute Gasteiger partial charge is 0.312 e. The van der Waals surface area contributed by atoms with Crippen molar-refractivity contribution in [1.82, 2.24) is 15.1 Å². The van der Waals surface area contributed by atoms with Gasteiger partial charge in [-0.2, -0.15) is 0 Å². The van der Waals surface area contributed by atoms with E-state index < -0.39 is 5.91 Å². The highest BCUT2D eigenvalue weighted by molar-refractivity contribution is 6.35. The van der Waals surface area contributed by atoms with Gasteiger partial charge in [0, 0.05) is 32.2 Å². The average Bonchev–Trinajstić information content (AvgIpc) is 2.51. The van der Waals surface area contributed by atoms with E-state index in [1.807, 2.05) is 6.07 Å². The van der Waals surface area contributed by atoms with E-state index in [0.717, 1.165) is 32.5 Å². The standard InChI is InChI=1S/C16H21N3O2/c20-15-16(21)19(10-8-17-15)14-7-4-9-18(12-14)11-13-5-2-1-3-6-13/h1-3,5-6,14H,4,7-12H2,(H,17,20)/t14-/m1/s1. The molecule has 0 aliphatic carbocycles. The summed E-state index contributed by atoms with van der Waals surface area (Å²) in [6.07, 6.45) is 2.06. The van der Waals surface area contributed by atoms with Crippen molar-refractivity contribution < 1.29 is 9.59 Å². The van der Waals surface area contributed by atoms with Gasteiger partial charge in [0.05, 0.1) is 0 Å². The maximum atomic E-state index is 12.0. The van der Waals surface area contributed by atoms with Gasteiger partial charge in [0.1, 0.15) is 0 Å². The highest BCUT2D eigenvalue weighted by Crippen LogP contribution is 2.19. The van der Waals surface area contributed by atoms with Gasteiger partial charge >= 0.3 is 11.8 Å². The molecular weight excluding hydrogens is 266 g/mol. The van der Waals surface area contributed by atoms with Gasteiger partial charge in [-0.25, -0.2) is 0 Å². The predicted octanol–water partition coefficient (Wildman–Crippen LogP) is 0.609. The largest absolute Gasteiger partial charge is 0.346 e. The molecule has 5 heteroatoms. The Hall–Kier alpha value is -1.88. The first-order valence-corrected chi connectivity index (χ1v) is 7.59. The molecule has 2 aliphatic rings. The lowest BCUT2D eigenvalue weighted by atomic mass is 10.0. The van der Waals surface area contributed by atoms with Crippen molar-refractivity contribution in [2.24, 2.45) is 0 Å². The molecule has 2 aliphatic heterocycles. The molecule has 0 bridgehead atoms. The minimum absolute atomic E-state index is 0.168. The summed E-state index contributed by atoms with van der Waals surface area (Å²) in [4.78, 5) is 27.6. The Kier molecular flexibility index (Phi) is 4.20. The first-order chi connectivity index (χ1) is 10.2. The molecule has 2 amide bonds. The Morgan fingerprint density at radius 1 is 1.14 bits per heavy atom. The molecule has 21 heavy (non-hydrogen) atoms. The lowest BCUT2D eigenvalue weighted by Gasteiger charge is -2.40. The summed E-state index contributed by atoms with van der Waals surface area (Å²) in [6.45, 7) is 4.02. The molecule has 0 aromatic heterocycles. The molecule has 1 aromatic rings. The summed E-state index contributed by atoms with van der Waals surface area (Å²) in [5.41, 5.74) is 1.29. The van der Waals surface area contributed by atoms with E-state index in [-0.39, 0.29) is 11.9 Å². The van der Waals surface area contributed by atoms with Crippen LogP contribution in [0.2, 0.25) is 0 Å². The van der Waals surface area contributed by atoms with Crippen LogP contribution in [0.25, 0.3) is 0 Å². The molecule has 0 saturated carbocycles.